The summed E-state index contributed by atoms with van der Waals surface area (Å²) in [4.78, 5) is 11.7. The number of ether oxygens (including phenoxy) is 1. The number of rotatable bonds is 5. The van der Waals surface area contributed by atoms with Gasteiger partial charge in [0.25, 0.3) is 0 Å². The molecule has 0 aromatic rings. The van der Waals surface area contributed by atoms with E-state index < -0.39 is 0 Å². The molecule has 0 aromatic carbocycles. The molecule has 1 aliphatic carbocycles. The number of carbonyl (C=O) groups is 1. The first-order valence-electron chi connectivity index (χ1n) is 5.88. The lowest BCUT2D eigenvalue weighted by Crippen LogP contribution is -2.25. The fourth-order valence-corrected chi connectivity index (χ4v) is 2.27. The SMILES string of the molecule is CCOCC(=O)C1CCCC(CC)C1. The highest BCUT2D eigenvalue weighted by molar-refractivity contribution is 5.82. The van der Waals surface area contributed by atoms with Crippen LogP contribution < -0.4 is 0 Å². The number of hydrogen-bond donors (Lipinski definition) is 0. The fraction of sp³-hybridized carbons (Fsp3) is 0.917. The predicted molar refractivity (Wildman–Crippen MR) is 57.2 cm³/mol. The highest BCUT2D eigenvalue weighted by Crippen LogP contribution is 2.31. The zero-order valence-corrected chi connectivity index (χ0v) is 9.42. The topological polar surface area (TPSA) is 26.3 Å². The van der Waals surface area contributed by atoms with Gasteiger partial charge in [-0.25, -0.2) is 0 Å². The maximum Gasteiger partial charge on any atom is 0.161 e. The molecule has 0 radical (unpaired) electrons. The van der Waals surface area contributed by atoms with Crippen molar-refractivity contribution < 1.29 is 9.53 Å². The second-order valence-corrected chi connectivity index (χ2v) is 4.24. The van der Waals surface area contributed by atoms with Crippen molar-refractivity contribution in [2.75, 3.05) is 13.2 Å². The van der Waals surface area contributed by atoms with E-state index in [0.29, 0.717) is 24.9 Å². The number of ketones is 1. The molecule has 1 aliphatic rings. The van der Waals surface area contributed by atoms with E-state index in [1.165, 1.54) is 19.3 Å². The Kier molecular flexibility index (Phi) is 5.16. The molecule has 0 saturated heterocycles. The molecule has 2 nitrogen and oxygen atoms in total. The number of hydrogen-bond acceptors (Lipinski definition) is 2. The van der Waals surface area contributed by atoms with Crippen LogP contribution in [-0.2, 0) is 9.53 Å². The lowest BCUT2D eigenvalue weighted by atomic mass is 9.78. The normalized spacial score (nSPS) is 27.6. The summed E-state index contributed by atoms with van der Waals surface area (Å²) in [5.74, 6) is 1.39. The zero-order chi connectivity index (χ0) is 10.4. The van der Waals surface area contributed by atoms with Gasteiger partial charge in [0.15, 0.2) is 5.78 Å². The van der Waals surface area contributed by atoms with E-state index in [2.05, 4.69) is 6.92 Å². The Bertz CT molecular complexity index is 177. The molecule has 2 unspecified atom stereocenters. The lowest BCUT2D eigenvalue weighted by molar-refractivity contribution is -0.128. The minimum atomic E-state index is 0.292. The van der Waals surface area contributed by atoms with E-state index in [0.717, 1.165) is 18.8 Å². The smallest absolute Gasteiger partial charge is 0.161 e. The van der Waals surface area contributed by atoms with Crippen molar-refractivity contribution >= 4 is 5.78 Å². The molecule has 0 heterocycles. The zero-order valence-electron chi connectivity index (χ0n) is 9.42. The Balaban J connectivity index is 2.31. The van der Waals surface area contributed by atoms with E-state index >= 15 is 0 Å². The van der Waals surface area contributed by atoms with E-state index in [1.807, 2.05) is 6.92 Å². The third-order valence-corrected chi connectivity index (χ3v) is 3.26. The molecule has 0 amide bonds. The summed E-state index contributed by atoms with van der Waals surface area (Å²) < 4.78 is 5.17. The van der Waals surface area contributed by atoms with Gasteiger partial charge in [0, 0.05) is 12.5 Å². The van der Waals surface area contributed by atoms with Crippen molar-refractivity contribution in [2.45, 2.75) is 46.0 Å². The van der Waals surface area contributed by atoms with Crippen molar-refractivity contribution in [2.24, 2.45) is 11.8 Å². The summed E-state index contributed by atoms with van der Waals surface area (Å²) in [5, 5.41) is 0. The third kappa shape index (κ3) is 3.41. The molecule has 2 atom stereocenters. The maximum atomic E-state index is 11.7. The summed E-state index contributed by atoms with van der Waals surface area (Å²) in [6, 6.07) is 0. The molecule has 0 spiro atoms. The van der Waals surface area contributed by atoms with Gasteiger partial charge in [0.1, 0.15) is 6.61 Å². The average Bonchev–Trinajstić information content (AvgIpc) is 2.26. The minimum Gasteiger partial charge on any atom is -0.374 e. The third-order valence-electron chi connectivity index (χ3n) is 3.26. The Morgan fingerprint density at radius 3 is 2.79 bits per heavy atom. The summed E-state index contributed by atoms with van der Waals surface area (Å²) in [5.41, 5.74) is 0. The summed E-state index contributed by atoms with van der Waals surface area (Å²) >= 11 is 0. The molecule has 2 heteroatoms. The van der Waals surface area contributed by atoms with Crippen molar-refractivity contribution in [3.05, 3.63) is 0 Å². The second-order valence-electron chi connectivity index (χ2n) is 4.24. The predicted octanol–water partition coefficient (Wildman–Crippen LogP) is 2.81. The van der Waals surface area contributed by atoms with Gasteiger partial charge in [-0.1, -0.05) is 26.2 Å². The second kappa shape index (κ2) is 6.18. The molecular weight excluding hydrogens is 176 g/mol. The number of Topliss-reactive ketones (excluding diaryl/α,β-unsaturated/α-hetero) is 1. The first kappa shape index (κ1) is 11.7. The molecule has 14 heavy (non-hydrogen) atoms. The highest BCUT2D eigenvalue weighted by atomic mass is 16.5. The summed E-state index contributed by atoms with van der Waals surface area (Å²) in [6.45, 7) is 5.14. The first-order valence-corrected chi connectivity index (χ1v) is 5.88. The van der Waals surface area contributed by atoms with Crippen LogP contribution in [0, 0.1) is 11.8 Å². The van der Waals surface area contributed by atoms with Crippen LogP contribution in [0.15, 0.2) is 0 Å². The van der Waals surface area contributed by atoms with Crippen LogP contribution in [0.5, 0.6) is 0 Å². The lowest BCUT2D eigenvalue weighted by Gasteiger charge is -2.27. The van der Waals surface area contributed by atoms with E-state index in [9.17, 15) is 4.79 Å². The Labute approximate surface area is 87.0 Å². The molecule has 1 rings (SSSR count). The molecule has 1 fully saturated rings. The number of carbonyl (C=O) groups excluding carboxylic acids is 1. The molecule has 0 N–H and O–H groups in total. The fourth-order valence-electron chi connectivity index (χ4n) is 2.27. The van der Waals surface area contributed by atoms with Gasteiger partial charge in [0.05, 0.1) is 0 Å². The highest BCUT2D eigenvalue weighted by Gasteiger charge is 2.25. The molecule has 0 aliphatic heterocycles. The van der Waals surface area contributed by atoms with Gasteiger partial charge in [-0.15, -0.1) is 0 Å². The van der Waals surface area contributed by atoms with Crippen LogP contribution in [0.4, 0.5) is 0 Å². The molecular formula is C12H22O2. The van der Waals surface area contributed by atoms with E-state index in [-0.39, 0.29) is 0 Å². The van der Waals surface area contributed by atoms with Crippen molar-refractivity contribution in [3.63, 3.8) is 0 Å². The van der Waals surface area contributed by atoms with Gasteiger partial charge in [0.2, 0.25) is 0 Å². The summed E-state index contributed by atoms with van der Waals surface area (Å²) in [6.07, 6.45) is 5.94. The van der Waals surface area contributed by atoms with Gasteiger partial charge >= 0.3 is 0 Å². The minimum absolute atomic E-state index is 0.292. The Morgan fingerprint density at radius 1 is 1.36 bits per heavy atom. The van der Waals surface area contributed by atoms with Crippen LogP contribution in [0.3, 0.4) is 0 Å². The molecule has 1 saturated carbocycles. The molecule has 0 bridgehead atoms. The van der Waals surface area contributed by atoms with Crippen LogP contribution in [0.2, 0.25) is 0 Å². The Hall–Kier alpha value is -0.370. The molecule has 82 valence electrons. The summed E-state index contributed by atoms with van der Waals surface area (Å²) in [7, 11) is 0. The van der Waals surface area contributed by atoms with Gasteiger partial charge in [-0.2, -0.15) is 0 Å². The Morgan fingerprint density at radius 2 is 2.14 bits per heavy atom. The van der Waals surface area contributed by atoms with Crippen LogP contribution in [0.1, 0.15) is 46.0 Å². The maximum absolute atomic E-state index is 11.7. The van der Waals surface area contributed by atoms with E-state index in [1.54, 1.807) is 0 Å². The van der Waals surface area contributed by atoms with Gasteiger partial charge < -0.3 is 4.74 Å². The molecule has 0 aromatic heterocycles. The van der Waals surface area contributed by atoms with E-state index in [4.69, 9.17) is 4.74 Å². The quantitative estimate of drug-likeness (QED) is 0.679. The van der Waals surface area contributed by atoms with Crippen molar-refractivity contribution in [3.8, 4) is 0 Å². The van der Waals surface area contributed by atoms with Gasteiger partial charge in [-0.3, -0.25) is 4.79 Å². The van der Waals surface area contributed by atoms with Crippen molar-refractivity contribution in [1.82, 2.24) is 0 Å². The standard InChI is InChI=1S/C12H22O2/c1-3-10-6-5-7-11(8-10)12(13)9-14-4-2/h10-11H,3-9H2,1-2H3. The van der Waals surface area contributed by atoms with Crippen molar-refractivity contribution in [1.29, 1.82) is 0 Å². The largest absolute Gasteiger partial charge is 0.374 e. The first-order chi connectivity index (χ1) is 6.77. The van der Waals surface area contributed by atoms with Crippen LogP contribution >= 0.6 is 0 Å². The van der Waals surface area contributed by atoms with Gasteiger partial charge in [-0.05, 0) is 25.7 Å². The van der Waals surface area contributed by atoms with Crippen LogP contribution in [0.25, 0.3) is 0 Å². The van der Waals surface area contributed by atoms with Crippen LogP contribution in [-0.4, -0.2) is 19.0 Å². The average molecular weight is 198 g/mol. The monoisotopic (exact) mass is 198 g/mol.